The number of benzene rings is 1. The predicted octanol–water partition coefficient (Wildman–Crippen LogP) is 1.13. The summed E-state index contributed by atoms with van der Waals surface area (Å²) in [5.41, 5.74) is -1.33. The molecule has 3 aliphatic heterocycles. The van der Waals surface area contributed by atoms with Gasteiger partial charge in [-0.2, -0.15) is 0 Å². The van der Waals surface area contributed by atoms with E-state index in [1.54, 1.807) is 24.8 Å². The number of ether oxygens (including phenoxy) is 2. The lowest BCUT2D eigenvalue weighted by molar-refractivity contribution is -0.153. The molecule has 3 atom stereocenters. The highest BCUT2D eigenvalue weighted by atomic mass is 19.1. The SMILES string of the molecule is Cc1nnc(COc2noc3c(F)c4c(cc23)CC2(C(=O)NC(=O)NC2=O)[C@H]2[C@H](C)O[C@H](C)CN42)o1. The lowest BCUT2D eigenvalue weighted by Gasteiger charge is -2.55. The third kappa shape index (κ3) is 3.10. The number of barbiturate groups is 1. The van der Waals surface area contributed by atoms with E-state index >= 15 is 4.39 Å². The monoisotopic (exact) mass is 500 g/mol. The van der Waals surface area contributed by atoms with E-state index in [0.717, 1.165) is 0 Å². The Balaban J connectivity index is 1.48. The summed E-state index contributed by atoms with van der Waals surface area (Å²) in [5.74, 6) is -1.70. The Hall–Kier alpha value is -4.07. The topological polar surface area (TPSA) is 162 Å². The third-order valence-corrected chi connectivity index (χ3v) is 6.83. The zero-order valence-electron chi connectivity index (χ0n) is 19.5. The molecule has 4 amide bonds. The van der Waals surface area contributed by atoms with Crippen molar-refractivity contribution in [2.75, 3.05) is 11.4 Å². The number of hydrogen-bond acceptors (Lipinski definition) is 11. The summed E-state index contributed by atoms with van der Waals surface area (Å²) in [4.78, 5) is 40.0. The molecular weight excluding hydrogens is 479 g/mol. The number of carbonyl (C=O) groups excluding carboxylic acids is 3. The van der Waals surface area contributed by atoms with Crippen LogP contribution in [-0.2, 0) is 27.4 Å². The van der Waals surface area contributed by atoms with Crippen LogP contribution in [0, 0.1) is 18.2 Å². The third-order valence-electron chi connectivity index (χ3n) is 6.83. The van der Waals surface area contributed by atoms with E-state index in [9.17, 15) is 14.4 Å². The van der Waals surface area contributed by atoms with Gasteiger partial charge in [-0.3, -0.25) is 20.2 Å². The lowest BCUT2D eigenvalue weighted by atomic mass is 9.66. The first kappa shape index (κ1) is 22.4. The number of urea groups is 1. The smallest absolute Gasteiger partial charge is 0.328 e. The Labute approximate surface area is 202 Å². The van der Waals surface area contributed by atoms with Crippen molar-refractivity contribution in [3.05, 3.63) is 29.2 Å². The first-order valence-corrected chi connectivity index (χ1v) is 11.3. The predicted molar refractivity (Wildman–Crippen MR) is 116 cm³/mol. The fourth-order valence-electron chi connectivity index (χ4n) is 5.56. The first-order valence-electron chi connectivity index (χ1n) is 11.3. The molecule has 0 radical (unpaired) electrons. The van der Waals surface area contributed by atoms with Crippen LogP contribution in [-0.4, -0.2) is 58.0 Å². The number of nitrogens with zero attached hydrogens (tertiary/aromatic N) is 4. The molecule has 6 rings (SSSR count). The molecule has 0 unspecified atom stereocenters. The second-order valence-electron chi connectivity index (χ2n) is 9.20. The van der Waals surface area contributed by atoms with E-state index < -0.39 is 41.2 Å². The minimum atomic E-state index is -1.74. The summed E-state index contributed by atoms with van der Waals surface area (Å²) in [6.45, 7) is 5.24. The van der Waals surface area contributed by atoms with Crippen molar-refractivity contribution >= 4 is 34.5 Å². The van der Waals surface area contributed by atoms with Gasteiger partial charge in [0.1, 0.15) is 0 Å². The van der Waals surface area contributed by atoms with Gasteiger partial charge in [-0.15, -0.1) is 10.2 Å². The maximum absolute atomic E-state index is 16.0. The second-order valence-corrected chi connectivity index (χ2v) is 9.20. The Kier molecular flexibility index (Phi) is 4.80. The van der Waals surface area contributed by atoms with Crippen LogP contribution in [0.5, 0.6) is 5.88 Å². The number of nitrogens with one attached hydrogen (secondary N) is 2. The van der Waals surface area contributed by atoms with Crippen molar-refractivity contribution in [1.29, 1.82) is 0 Å². The molecule has 1 spiro atoms. The van der Waals surface area contributed by atoms with E-state index in [1.165, 1.54) is 0 Å². The van der Waals surface area contributed by atoms with Crippen LogP contribution in [0.25, 0.3) is 11.0 Å². The summed E-state index contributed by atoms with van der Waals surface area (Å²) in [7, 11) is 0. The quantitative estimate of drug-likeness (QED) is 0.496. The van der Waals surface area contributed by atoms with Gasteiger partial charge in [0.25, 0.3) is 11.8 Å². The Morgan fingerprint density at radius 2 is 1.97 bits per heavy atom. The molecule has 13 nitrogen and oxygen atoms in total. The zero-order valence-corrected chi connectivity index (χ0v) is 19.5. The van der Waals surface area contributed by atoms with E-state index in [1.807, 2.05) is 6.92 Å². The first-order chi connectivity index (χ1) is 17.2. The van der Waals surface area contributed by atoms with Crippen molar-refractivity contribution in [3.63, 3.8) is 0 Å². The summed E-state index contributed by atoms with van der Waals surface area (Å²) in [6, 6.07) is -0.197. The molecule has 1 aromatic carbocycles. The number of carbonyl (C=O) groups is 3. The van der Waals surface area contributed by atoms with Gasteiger partial charge in [0, 0.05) is 19.9 Å². The van der Waals surface area contributed by atoms with Crippen LogP contribution in [0.2, 0.25) is 0 Å². The number of hydrogen-bond donors (Lipinski definition) is 2. The molecule has 2 saturated heterocycles. The summed E-state index contributed by atoms with van der Waals surface area (Å²) >= 11 is 0. The van der Waals surface area contributed by atoms with E-state index in [4.69, 9.17) is 18.4 Å². The fraction of sp³-hybridized carbons (Fsp3) is 0.455. The standard InChI is InChI=1S/C22H21FN6O7/c1-8-6-29-15-11(5-22(17(29)9(2)34-8)19(30)24-21(32)25-20(22)31)4-12-16(14(15)23)36-28-18(12)33-7-13-27-26-10(3)35-13/h4,8-9,17H,5-7H2,1-3H3,(H2,24,25,30,31,32)/t8-,9+,17-/m1/s1. The van der Waals surface area contributed by atoms with Crippen molar-refractivity contribution in [3.8, 4) is 5.88 Å². The van der Waals surface area contributed by atoms with Crippen LogP contribution in [0.4, 0.5) is 14.9 Å². The van der Waals surface area contributed by atoms with Gasteiger partial charge < -0.3 is 23.3 Å². The maximum Gasteiger partial charge on any atom is 0.328 e. The lowest BCUT2D eigenvalue weighted by Crippen LogP contribution is -2.75. The van der Waals surface area contributed by atoms with E-state index in [2.05, 4.69) is 26.0 Å². The molecule has 188 valence electrons. The zero-order chi connectivity index (χ0) is 25.4. The fourth-order valence-corrected chi connectivity index (χ4v) is 5.56. The van der Waals surface area contributed by atoms with Gasteiger partial charge in [-0.1, -0.05) is 0 Å². The highest BCUT2D eigenvalue weighted by Crippen LogP contribution is 2.49. The van der Waals surface area contributed by atoms with Crippen LogP contribution in [0.15, 0.2) is 15.0 Å². The molecular formula is C22H21FN6O7. The van der Waals surface area contributed by atoms with Crippen molar-refractivity contribution in [2.45, 2.75) is 52.0 Å². The van der Waals surface area contributed by atoms with Gasteiger partial charge in [0.2, 0.25) is 23.3 Å². The Morgan fingerprint density at radius 3 is 2.67 bits per heavy atom. The van der Waals surface area contributed by atoms with Crippen LogP contribution < -0.4 is 20.3 Å². The average molecular weight is 500 g/mol. The Morgan fingerprint density at radius 1 is 1.22 bits per heavy atom. The minimum absolute atomic E-state index is 0.0184. The highest BCUT2D eigenvalue weighted by molar-refractivity contribution is 6.20. The van der Waals surface area contributed by atoms with Crippen LogP contribution in [0.3, 0.4) is 0 Å². The number of imide groups is 2. The van der Waals surface area contributed by atoms with Crippen molar-refractivity contribution in [1.82, 2.24) is 26.0 Å². The molecule has 0 aliphatic carbocycles. The molecule has 2 fully saturated rings. The summed E-state index contributed by atoms with van der Waals surface area (Å²) in [5, 5.41) is 16.0. The number of aryl methyl sites for hydroxylation is 1. The number of halogens is 1. The molecule has 14 heteroatoms. The molecule has 0 bridgehead atoms. The number of aromatic nitrogens is 3. The average Bonchev–Trinajstić information content (AvgIpc) is 3.41. The molecule has 3 aliphatic rings. The van der Waals surface area contributed by atoms with Gasteiger partial charge in [-0.25, -0.2) is 9.18 Å². The van der Waals surface area contributed by atoms with Crippen LogP contribution in [0.1, 0.15) is 31.2 Å². The van der Waals surface area contributed by atoms with Crippen molar-refractivity contribution < 1.29 is 37.2 Å². The van der Waals surface area contributed by atoms with Gasteiger partial charge in [-0.05, 0) is 30.6 Å². The number of fused-ring (bicyclic) bond motifs is 5. The van der Waals surface area contributed by atoms with Gasteiger partial charge >= 0.3 is 6.03 Å². The van der Waals surface area contributed by atoms with Crippen molar-refractivity contribution in [2.24, 2.45) is 5.41 Å². The molecule has 2 aromatic heterocycles. The normalized spacial score (nSPS) is 24.9. The highest BCUT2D eigenvalue weighted by Gasteiger charge is 2.63. The van der Waals surface area contributed by atoms with E-state index in [-0.39, 0.29) is 54.1 Å². The molecule has 2 N–H and O–H groups in total. The largest absolute Gasteiger partial charge is 0.465 e. The maximum atomic E-state index is 16.0. The number of amides is 4. The van der Waals surface area contributed by atoms with Gasteiger partial charge in [0.15, 0.2) is 17.8 Å². The molecule has 36 heavy (non-hydrogen) atoms. The molecule has 0 saturated carbocycles. The second kappa shape index (κ2) is 7.71. The number of morpholine rings is 1. The van der Waals surface area contributed by atoms with E-state index in [0.29, 0.717) is 11.5 Å². The minimum Gasteiger partial charge on any atom is -0.465 e. The molecule has 5 heterocycles. The summed E-state index contributed by atoms with van der Waals surface area (Å²) in [6.07, 6.45) is -1.14. The Bertz CT molecular complexity index is 1410. The van der Waals surface area contributed by atoms with Gasteiger partial charge in [0.05, 0.1) is 29.3 Å². The van der Waals surface area contributed by atoms with Crippen LogP contribution >= 0.6 is 0 Å². The summed E-state index contributed by atoms with van der Waals surface area (Å²) < 4.78 is 38.1. The number of anilines is 1. The molecule has 3 aromatic rings. The number of rotatable bonds is 3.